The zero-order valence-corrected chi connectivity index (χ0v) is 13.6. The molecule has 1 heterocycles. The lowest BCUT2D eigenvalue weighted by Gasteiger charge is -2.44. The Morgan fingerprint density at radius 1 is 1.10 bits per heavy atom. The van der Waals surface area contributed by atoms with E-state index in [1.807, 2.05) is 0 Å². The third-order valence-electron chi connectivity index (χ3n) is 4.41. The van der Waals surface area contributed by atoms with Crippen LogP contribution in [0.3, 0.4) is 0 Å². The van der Waals surface area contributed by atoms with Crippen LogP contribution in [-0.2, 0) is 11.8 Å². The molecule has 0 aromatic heterocycles. The van der Waals surface area contributed by atoms with Crippen LogP contribution in [0, 0.1) is 13.8 Å². The first-order valence-corrected chi connectivity index (χ1v) is 7.92. The summed E-state index contributed by atoms with van der Waals surface area (Å²) in [6.07, 6.45) is 1.11. The summed E-state index contributed by atoms with van der Waals surface area (Å²) in [6.45, 7) is 6.51. The number of hydrogen-bond acceptors (Lipinski definition) is 1. The molecule has 0 spiro atoms. The fourth-order valence-corrected chi connectivity index (χ4v) is 3.79. The van der Waals surface area contributed by atoms with E-state index in [9.17, 15) is 0 Å². The molecule has 1 N–H and O–H groups in total. The lowest BCUT2D eigenvalue weighted by molar-refractivity contribution is 0.273. The highest BCUT2D eigenvalue weighted by atomic mass is 79.9. The number of hydrogen-bond donors (Lipinski definition) is 1. The van der Waals surface area contributed by atoms with Crippen molar-refractivity contribution in [3.63, 3.8) is 0 Å². The molecule has 0 radical (unpaired) electrons. The molecule has 1 saturated heterocycles. The van der Waals surface area contributed by atoms with Gasteiger partial charge in [0.1, 0.15) is 0 Å². The molecule has 2 heteroatoms. The van der Waals surface area contributed by atoms with E-state index in [0.717, 1.165) is 19.5 Å². The first-order chi connectivity index (χ1) is 9.61. The number of benzene rings is 2. The molecule has 0 amide bonds. The maximum Gasteiger partial charge on any atom is 0.0254 e. The quantitative estimate of drug-likeness (QED) is 0.891. The number of nitrogens with one attached hydrogen (secondary N) is 1. The second-order valence-corrected chi connectivity index (χ2v) is 6.82. The van der Waals surface area contributed by atoms with Crippen molar-refractivity contribution in [1.82, 2.24) is 5.32 Å². The lowest BCUT2D eigenvalue weighted by atomic mass is 9.70. The zero-order valence-electron chi connectivity index (χ0n) is 12.0. The van der Waals surface area contributed by atoms with Crippen LogP contribution in [0.15, 0.2) is 46.9 Å². The molecule has 0 bridgehead atoms. The first kappa shape index (κ1) is 13.8. The Morgan fingerprint density at radius 3 is 2.50 bits per heavy atom. The molecule has 0 atom stereocenters. The van der Waals surface area contributed by atoms with Gasteiger partial charge >= 0.3 is 0 Å². The second-order valence-electron chi connectivity index (χ2n) is 5.97. The van der Waals surface area contributed by atoms with Crippen molar-refractivity contribution >= 4 is 15.9 Å². The van der Waals surface area contributed by atoms with Crippen molar-refractivity contribution in [1.29, 1.82) is 0 Å². The van der Waals surface area contributed by atoms with Gasteiger partial charge in [0.05, 0.1) is 0 Å². The topological polar surface area (TPSA) is 12.0 Å². The van der Waals surface area contributed by atoms with Gasteiger partial charge in [-0.15, -0.1) is 0 Å². The minimum Gasteiger partial charge on any atom is -0.315 e. The van der Waals surface area contributed by atoms with Crippen LogP contribution in [0.1, 0.15) is 22.3 Å². The zero-order chi connectivity index (χ0) is 14.2. The Hall–Kier alpha value is -1.12. The molecule has 3 rings (SSSR count). The summed E-state index contributed by atoms with van der Waals surface area (Å²) >= 11 is 3.73. The van der Waals surface area contributed by atoms with E-state index >= 15 is 0 Å². The van der Waals surface area contributed by atoms with Gasteiger partial charge in [0.25, 0.3) is 0 Å². The van der Waals surface area contributed by atoms with Gasteiger partial charge in [0.15, 0.2) is 0 Å². The molecule has 0 saturated carbocycles. The van der Waals surface area contributed by atoms with Crippen LogP contribution >= 0.6 is 15.9 Å². The summed E-state index contributed by atoms with van der Waals surface area (Å²) in [6, 6.07) is 15.4. The Bertz CT molecular complexity index is 629. The van der Waals surface area contributed by atoms with E-state index in [-0.39, 0.29) is 5.41 Å². The molecule has 0 unspecified atom stereocenters. The van der Waals surface area contributed by atoms with E-state index in [1.54, 1.807) is 0 Å². The number of rotatable bonds is 3. The predicted octanol–water partition coefficient (Wildman–Crippen LogP) is 4.15. The molecule has 20 heavy (non-hydrogen) atoms. The molecule has 1 nitrogen and oxygen atoms in total. The average Bonchev–Trinajstić information content (AvgIpc) is 2.39. The Morgan fingerprint density at radius 2 is 1.85 bits per heavy atom. The number of aryl methyl sites for hydroxylation is 2. The fraction of sp³-hybridized carbons (Fsp3) is 0.333. The summed E-state index contributed by atoms with van der Waals surface area (Å²) in [5.74, 6) is 0. The molecular weight excluding hydrogens is 310 g/mol. The summed E-state index contributed by atoms with van der Waals surface area (Å²) in [7, 11) is 0. The summed E-state index contributed by atoms with van der Waals surface area (Å²) in [5.41, 5.74) is 5.88. The summed E-state index contributed by atoms with van der Waals surface area (Å²) in [4.78, 5) is 0. The Balaban J connectivity index is 1.98. The van der Waals surface area contributed by atoms with Crippen LogP contribution in [-0.4, -0.2) is 13.1 Å². The highest BCUT2D eigenvalue weighted by Gasteiger charge is 2.40. The third kappa shape index (κ3) is 2.43. The Labute approximate surface area is 129 Å². The van der Waals surface area contributed by atoms with Gasteiger partial charge in [-0.25, -0.2) is 0 Å². The minimum absolute atomic E-state index is 0.235. The maximum absolute atomic E-state index is 3.73. The molecule has 2 aromatic rings. The van der Waals surface area contributed by atoms with Gasteiger partial charge in [0, 0.05) is 23.0 Å². The summed E-state index contributed by atoms with van der Waals surface area (Å²) in [5, 5.41) is 3.46. The van der Waals surface area contributed by atoms with Crippen molar-refractivity contribution in [2.24, 2.45) is 0 Å². The minimum atomic E-state index is 0.235. The van der Waals surface area contributed by atoms with Crippen LogP contribution in [0.4, 0.5) is 0 Å². The molecule has 1 aliphatic heterocycles. The van der Waals surface area contributed by atoms with Crippen molar-refractivity contribution in [2.45, 2.75) is 25.7 Å². The van der Waals surface area contributed by atoms with Crippen molar-refractivity contribution in [3.05, 3.63) is 69.2 Å². The van der Waals surface area contributed by atoms with Crippen LogP contribution < -0.4 is 5.32 Å². The van der Waals surface area contributed by atoms with E-state index in [2.05, 4.69) is 77.6 Å². The second kappa shape index (κ2) is 5.34. The largest absolute Gasteiger partial charge is 0.315 e. The molecule has 1 fully saturated rings. The van der Waals surface area contributed by atoms with Gasteiger partial charge in [0.2, 0.25) is 0 Å². The van der Waals surface area contributed by atoms with E-state index < -0.39 is 0 Å². The molecule has 104 valence electrons. The molecule has 2 aromatic carbocycles. The maximum atomic E-state index is 3.73. The van der Waals surface area contributed by atoms with Crippen LogP contribution in [0.2, 0.25) is 0 Å². The summed E-state index contributed by atoms with van der Waals surface area (Å²) < 4.78 is 1.23. The van der Waals surface area contributed by atoms with Gasteiger partial charge < -0.3 is 5.32 Å². The third-order valence-corrected chi connectivity index (χ3v) is 5.10. The highest BCUT2D eigenvalue weighted by Crippen LogP contribution is 2.37. The SMILES string of the molecule is Cc1ccc(C)c(CC2(c3ccccc3Br)CNC2)c1. The van der Waals surface area contributed by atoms with Gasteiger partial charge in [-0.2, -0.15) is 0 Å². The van der Waals surface area contributed by atoms with Crippen molar-refractivity contribution in [3.8, 4) is 0 Å². The predicted molar refractivity (Wildman–Crippen MR) is 88.3 cm³/mol. The van der Waals surface area contributed by atoms with E-state index in [4.69, 9.17) is 0 Å². The van der Waals surface area contributed by atoms with Crippen molar-refractivity contribution in [2.75, 3.05) is 13.1 Å². The molecule has 1 aliphatic rings. The lowest BCUT2D eigenvalue weighted by Crippen LogP contribution is -2.58. The normalized spacial score (nSPS) is 16.8. The monoisotopic (exact) mass is 329 g/mol. The first-order valence-electron chi connectivity index (χ1n) is 7.13. The van der Waals surface area contributed by atoms with Crippen LogP contribution in [0.5, 0.6) is 0 Å². The average molecular weight is 330 g/mol. The standard InChI is InChI=1S/C18H20BrN/c1-13-7-8-14(2)15(9-13)10-18(11-20-12-18)16-5-3-4-6-17(16)19/h3-9,20H,10-12H2,1-2H3. The smallest absolute Gasteiger partial charge is 0.0254 e. The van der Waals surface area contributed by atoms with Gasteiger partial charge in [-0.05, 0) is 43.0 Å². The van der Waals surface area contributed by atoms with Crippen LogP contribution in [0.25, 0.3) is 0 Å². The van der Waals surface area contributed by atoms with E-state index in [0.29, 0.717) is 0 Å². The highest BCUT2D eigenvalue weighted by molar-refractivity contribution is 9.10. The van der Waals surface area contributed by atoms with Gasteiger partial charge in [-0.3, -0.25) is 0 Å². The Kier molecular flexibility index (Phi) is 3.70. The number of halogens is 1. The molecule has 0 aliphatic carbocycles. The fourth-order valence-electron chi connectivity index (χ4n) is 3.08. The van der Waals surface area contributed by atoms with Crippen molar-refractivity contribution < 1.29 is 0 Å². The van der Waals surface area contributed by atoms with Gasteiger partial charge in [-0.1, -0.05) is 57.9 Å². The molecular formula is C18H20BrN. The van der Waals surface area contributed by atoms with E-state index in [1.165, 1.54) is 26.7 Å².